The third-order valence-electron chi connectivity index (χ3n) is 2.44. The maximum absolute atomic E-state index is 13.0. The van der Waals surface area contributed by atoms with Crippen LogP contribution in [0.2, 0.25) is 5.02 Å². The van der Waals surface area contributed by atoms with Crippen LogP contribution in [-0.4, -0.2) is 11.0 Å². The van der Waals surface area contributed by atoms with E-state index in [9.17, 15) is 9.18 Å². The maximum Gasteiger partial charge on any atom is 0.257 e. The number of benzene rings is 2. The predicted octanol–water partition coefficient (Wildman–Crippen LogP) is 3.61. The molecule has 0 aliphatic rings. The van der Waals surface area contributed by atoms with E-state index in [1.165, 1.54) is 18.2 Å². The lowest BCUT2D eigenvalue weighted by atomic mass is 10.2. The molecular weight excluding hydrogens is 299 g/mol. The number of carbonyl (C=O) groups is 1. The largest absolute Gasteiger partial charge is 0.331 e. The minimum Gasteiger partial charge on any atom is -0.331 e. The summed E-state index contributed by atoms with van der Waals surface area (Å²) in [5.41, 5.74) is 0.770. The molecule has 0 aliphatic carbocycles. The van der Waals surface area contributed by atoms with Gasteiger partial charge in [0.15, 0.2) is 5.11 Å². The van der Waals surface area contributed by atoms with Gasteiger partial charge in [0, 0.05) is 5.56 Å². The van der Waals surface area contributed by atoms with E-state index in [4.69, 9.17) is 23.8 Å². The van der Waals surface area contributed by atoms with E-state index in [2.05, 4.69) is 10.6 Å². The second-order valence-electron chi connectivity index (χ2n) is 3.90. The van der Waals surface area contributed by atoms with Gasteiger partial charge < -0.3 is 5.32 Å². The molecule has 3 nitrogen and oxygen atoms in total. The van der Waals surface area contributed by atoms with Crippen molar-refractivity contribution < 1.29 is 9.18 Å². The number of thiocarbonyl (C=S) groups is 1. The van der Waals surface area contributed by atoms with Gasteiger partial charge in [-0.15, -0.1) is 0 Å². The molecule has 1 amide bonds. The Morgan fingerprint density at radius 2 is 1.90 bits per heavy atom. The van der Waals surface area contributed by atoms with Gasteiger partial charge >= 0.3 is 0 Å². The Kier molecular flexibility index (Phi) is 4.65. The van der Waals surface area contributed by atoms with Crippen molar-refractivity contribution in [3.05, 3.63) is 64.9 Å². The first-order valence-corrected chi connectivity index (χ1v) is 6.47. The third-order valence-corrected chi connectivity index (χ3v) is 2.97. The summed E-state index contributed by atoms with van der Waals surface area (Å²) < 4.78 is 13.0. The highest BCUT2D eigenvalue weighted by Gasteiger charge is 2.09. The van der Waals surface area contributed by atoms with Crippen LogP contribution in [0.1, 0.15) is 10.4 Å². The van der Waals surface area contributed by atoms with Crippen LogP contribution < -0.4 is 10.6 Å². The van der Waals surface area contributed by atoms with Crippen molar-refractivity contribution in [2.45, 2.75) is 0 Å². The molecule has 0 fully saturated rings. The minimum atomic E-state index is -0.492. The summed E-state index contributed by atoms with van der Waals surface area (Å²) in [4.78, 5) is 11.8. The summed E-state index contributed by atoms with van der Waals surface area (Å²) >= 11 is 11.0. The molecule has 0 unspecified atom stereocenters. The molecule has 0 saturated heterocycles. The number of carbonyl (C=O) groups excluding carboxylic acids is 1. The lowest BCUT2D eigenvalue weighted by molar-refractivity contribution is 0.0977. The lowest BCUT2D eigenvalue weighted by Gasteiger charge is -2.10. The molecule has 2 rings (SSSR count). The average molecular weight is 309 g/mol. The van der Waals surface area contributed by atoms with E-state index in [-0.39, 0.29) is 10.7 Å². The van der Waals surface area contributed by atoms with E-state index >= 15 is 0 Å². The first-order valence-electron chi connectivity index (χ1n) is 5.68. The number of hydrogen-bond acceptors (Lipinski definition) is 2. The minimum absolute atomic E-state index is 0.0901. The van der Waals surface area contributed by atoms with Gasteiger partial charge in [0.05, 0.1) is 10.7 Å². The van der Waals surface area contributed by atoms with Gasteiger partial charge in [-0.1, -0.05) is 29.8 Å². The Morgan fingerprint density at radius 3 is 2.60 bits per heavy atom. The summed E-state index contributed by atoms with van der Waals surface area (Å²) in [7, 11) is 0. The molecule has 0 saturated carbocycles. The molecule has 0 heterocycles. The Hall–Kier alpha value is -1.98. The van der Waals surface area contributed by atoms with Gasteiger partial charge in [-0.25, -0.2) is 4.39 Å². The van der Waals surface area contributed by atoms with Crippen molar-refractivity contribution in [3.8, 4) is 0 Å². The Labute approximate surface area is 125 Å². The van der Waals surface area contributed by atoms with Gasteiger partial charge in [-0.3, -0.25) is 10.1 Å². The van der Waals surface area contributed by atoms with Crippen LogP contribution in [0.4, 0.5) is 10.1 Å². The number of hydrogen-bond donors (Lipinski definition) is 2. The first kappa shape index (κ1) is 14.4. The van der Waals surface area contributed by atoms with Crippen LogP contribution in [0, 0.1) is 5.82 Å². The molecule has 20 heavy (non-hydrogen) atoms. The van der Waals surface area contributed by atoms with Gasteiger partial charge in [-0.05, 0) is 42.5 Å². The van der Waals surface area contributed by atoms with Crippen molar-refractivity contribution in [1.82, 2.24) is 5.32 Å². The number of amides is 1. The zero-order valence-electron chi connectivity index (χ0n) is 10.2. The highest BCUT2D eigenvalue weighted by Crippen LogP contribution is 2.20. The number of para-hydroxylation sites is 1. The zero-order chi connectivity index (χ0) is 14.5. The Morgan fingerprint density at radius 1 is 1.15 bits per heavy atom. The second-order valence-corrected chi connectivity index (χ2v) is 4.71. The molecule has 6 heteroatoms. The molecule has 0 bridgehead atoms. The van der Waals surface area contributed by atoms with Crippen LogP contribution in [0.3, 0.4) is 0 Å². The summed E-state index contributed by atoms with van der Waals surface area (Å²) in [6, 6.07) is 12.3. The Balaban J connectivity index is 2.02. The molecule has 2 N–H and O–H groups in total. The number of rotatable bonds is 2. The van der Waals surface area contributed by atoms with E-state index in [0.29, 0.717) is 10.7 Å². The summed E-state index contributed by atoms with van der Waals surface area (Å²) in [5.74, 6) is -0.975. The second kappa shape index (κ2) is 6.45. The fourth-order valence-electron chi connectivity index (χ4n) is 1.52. The standard InChI is InChI=1S/C14H10ClFN2OS/c15-11-6-1-2-7-12(11)17-14(20)18-13(19)9-4-3-5-10(16)8-9/h1-8H,(H2,17,18,19,20). The SMILES string of the molecule is O=C(NC(=S)Nc1ccccc1Cl)c1cccc(F)c1. The summed E-state index contributed by atoms with van der Waals surface area (Å²) in [6.45, 7) is 0. The van der Waals surface area contributed by atoms with E-state index in [1.54, 1.807) is 24.3 Å². The molecular formula is C14H10ClFN2OS. The van der Waals surface area contributed by atoms with Crippen molar-refractivity contribution in [2.24, 2.45) is 0 Å². The normalized spacial score (nSPS) is 9.90. The average Bonchev–Trinajstić information content (AvgIpc) is 2.41. The summed E-state index contributed by atoms with van der Waals surface area (Å²) in [6.07, 6.45) is 0. The van der Waals surface area contributed by atoms with E-state index in [1.807, 2.05) is 0 Å². The van der Waals surface area contributed by atoms with Crippen molar-refractivity contribution in [2.75, 3.05) is 5.32 Å². The fraction of sp³-hybridized carbons (Fsp3) is 0. The third kappa shape index (κ3) is 3.76. The number of halogens is 2. The molecule has 0 atom stereocenters. The highest BCUT2D eigenvalue weighted by molar-refractivity contribution is 7.80. The fourth-order valence-corrected chi connectivity index (χ4v) is 1.91. The zero-order valence-corrected chi connectivity index (χ0v) is 11.8. The predicted molar refractivity (Wildman–Crippen MR) is 81.5 cm³/mol. The van der Waals surface area contributed by atoms with Crippen molar-refractivity contribution in [3.63, 3.8) is 0 Å². The topological polar surface area (TPSA) is 41.1 Å². The van der Waals surface area contributed by atoms with Crippen LogP contribution in [-0.2, 0) is 0 Å². The summed E-state index contributed by atoms with van der Waals surface area (Å²) in [5, 5.41) is 5.83. The van der Waals surface area contributed by atoms with Crippen LogP contribution >= 0.6 is 23.8 Å². The van der Waals surface area contributed by atoms with E-state index < -0.39 is 11.7 Å². The molecule has 0 aromatic heterocycles. The maximum atomic E-state index is 13.0. The molecule has 2 aromatic carbocycles. The quantitative estimate of drug-likeness (QED) is 0.833. The molecule has 0 spiro atoms. The monoisotopic (exact) mass is 308 g/mol. The molecule has 0 aliphatic heterocycles. The molecule has 102 valence electrons. The smallest absolute Gasteiger partial charge is 0.257 e. The number of anilines is 1. The van der Waals surface area contributed by atoms with Crippen molar-refractivity contribution >= 4 is 40.5 Å². The van der Waals surface area contributed by atoms with Gasteiger partial charge in [0.2, 0.25) is 0 Å². The van der Waals surface area contributed by atoms with Crippen LogP contribution in [0.25, 0.3) is 0 Å². The van der Waals surface area contributed by atoms with Crippen LogP contribution in [0.15, 0.2) is 48.5 Å². The van der Waals surface area contributed by atoms with Gasteiger partial charge in [0.25, 0.3) is 5.91 Å². The van der Waals surface area contributed by atoms with Crippen LogP contribution in [0.5, 0.6) is 0 Å². The number of nitrogens with one attached hydrogen (secondary N) is 2. The Bertz CT molecular complexity index is 663. The van der Waals surface area contributed by atoms with E-state index in [0.717, 1.165) is 6.07 Å². The van der Waals surface area contributed by atoms with Gasteiger partial charge in [0.1, 0.15) is 5.82 Å². The van der Waals surface area contributed by atoms with Crippen molar-refractivity contribution in [1.29, 1.82) is 0 Å². The van der Waals surface area contributed by atoms with Gasteiger partial charge in [-0.2, -0.15) is 0 Å². The lowest BCUT2D eigenvalue weighted by Crippen LogP contribution is -2.34. The molecule has 0 radical (unpaired) electrons. The highest BCUT2D eigenvalue weighted by atomic mass is 35.5. The molecule has 2 aromatic rings. The first-order chi connectivity index (χ1) is 9.56.